The Bertz CT molecular complexity index is 498. The standard InChI is InChI=1S/C11H12N2S2/c1-7(2)9-10(8-4-3-5-15-8)12-6-13-11(9)14/h3-7H,1-2H3,(H,12,13,14). The van der Waals surface area contributed by atoms with Gasteiger partial charge in [0.25, 0.3) is 0 Å². The lowest BCUT2D eigenvalue weighted by Crippen LogP contribution is -1.97. The fraction of sp³-hybridized carbons (Fsp3) is 0.273. The lowest BCUT2D eigenvalue weighted by atomic mass is 10.0. The Balaban J connectivity index is 2.67. The molecule has 0 aliphatic carbocycles. The van der Waals surface area contributed by atoms with Gasteiger partial charge in [-0.25, -0.2) is 4.98 Å². The average molecular weight is 236 g/mol. The summed E-state index contributed by atoms with van der Waals surface area (Å²) in [5.41, 5.74) is 2.25. The van der Waals surface area contributed by atoms with Gasteiger partial charge in [-0.1, -0.05) is 32.1 Å². The van der Waals surface area contributed by atoms with E-state index in [1.54, 1.807) is 17.7 Å². The van der Waals surface area contributed by atoms with Gasteiger partial charge >= 0.3 is 0 Å². The highest BCUT2D eigenvalue weighted by Crippen LogP contribution is 2.30. The Kier molecular flexibility index (Phi) is 2.98. The third-order valence-electron chi connectivity index (χ3n) is 2.24. The molecule has 2 rings (SSSR count). The summed E-state index contributed by atoms with van der Waals surface area (Å²) in [7, 11) is 0. The number of H-pyrrole nitrogens is 1. The second-order valence-corrected chi connectivity index (χ2v) is 4.96. The first-order chi connectivity index (χ1) is 7.20. The lowest BCUT2D eigenvalue weighted by Gasteiger charge is -2.10. The van der Waals surface area contributed by atoms with Gasteiger partial charge in [0.2, 0.25) is 0 Å². The van der Waals surface area contributed by atoms with Gasteiger partial charge in [0.05, 0.1) is 16.9 Å². The zero-order valence-corrected chi connectivity index (χ0v) is 10.3. The van der Waals surface area contributed by atoms with Crippen LogP contribution in [0.4, 0.5) is 0 Å². The van der Waals surface area contributed by atoms with E-state index < -0.39 is 0 Å². The zero-order valence-electron chi connectivity index (χ0n) is 8.65. The quantitative estimate of drug-likeness (QED) is 0.799. The molecule has 2 aromatic rings. The Morgan fingerprint density at radius 3 is 2.87 bits per heavy atom. The topological polar surface area (TPSA) is 28.7 Å². The zero-order chi connectivity index (χ0) is 10.8. The van der Waals surface area contributed by atoms with Crippen LogP contribution in [0.15, 0.2) is 23.8 Å². The van der Waals surface area contributed by atoms with Crippen molar-refractivity contribution >= 4 is 23.6 Å². The van der Waals surface area contributed by atoms with Crippen molar-refractivity contribution in [1.29, 1.82) is 0 Å². The van der Waals surface area contributed by atoms with E-state index >= 15 is 0 Å². The van der Waals surface area contributed by atoms with Crippen LogP contribution in [0.3, 0.4) is 0 Å². The molecule has 0 unspecified atom stereocenters. The van der Waals surface area contributed by atoms with E-state index in [1.807, 2.05) is 6.07 Å². The normalized spacial score (nSPS) is 10.9. The summed E-state index contributed by atoms with van der Waals surface area (Å²) in [4.78, 5) is 8.54. The maximum atomic E-state index is 5.26. The van der Waals surface area contributed by atoms with Crippen molar-refractivity contribution in [1.82, 2.24) is 9.97 Å². The number of hydrogen-bond donors (Lipinski definition) is 1. The van der Waals surface area contributed by atoms with Gasteiger partial charge in [0.1, 0.15) is 4.64 Å². The highest BCUT2D eigenvalue weighted by Gasteiger charge is 2.11. The van der Waals surface area contributed by atoms with E-state index in [4.69, 9.17) is 12.2 Å². The molecule has 15 heavy (non-hydrogen) atoms. The molecule has 0 saturated heterocycles. The summed E-state index contributed by atoms with van der Waals surface area (Å²) in [6.07, 6.45) is 1.67. The van der Waals surface area contributed by atoms with Gasteiger partial charge in [0, 0.05) is 5.56 Å². The van der Waals surface area contributed by atoms with Gasteiger partial charge in [-0.3, -0.25) is 0 Å². The summed E-state index contributed by atoms with van der Waals surface area (Å²) in [5, 5.41) is 2.07. The van der Waals surface area contributed by atoms with E-state index in [2.05, 4.69) is 35.3 Å². The molecular weight excluding hydrogens is 224 g/mol. The van der Waals surface area contributed by atoms with E-state index in [9.17, 15) is 0 Å². The van der Waals surface area contributed by atoms with Crippen LogP contribution in [0.2, 0.25) is 0 Å². The molecule has 0 amide bonds. The van der Waals surface area contributed by atoms with Crippen molar-refractivity contribution < 1.29 is 0 Å². The Labute approximate surface area is 98.0 Å². The SMILES string of the molecule is CC(C)c1c(-c2cccs2)[nH]cnc1=S. The summed E-state index contributed by atoms with van der Waals surface area (Å²) in [6, 6.07) is 4.14. The van der Waals surface area contributed by atoms with Crippen LogP contribution >= 0.6 is 23.6 Å². The molecule has 0 radical (unpaired) electrons. The number of nitrogens with one attached hydrogen (secondary N) is 1. The highest BCUT2D eigenvalue weighted by atomic mass is 32.1. The molecule has 1 N–H and O–H groups in total. The van der Waals surface area contributed by atoms with Crippen LogP contribution in [0.5, 0.6) is 0 Å². The maximum absolute atomic E-state index is 5.26. The molecule has 0 aliphatic heterocycles. The number of aromatic nitrogens is 2. The van der Waals surface area contributed by atoms with Gasteiger partial charge in [-0.2, -0.15) is 0 Å². The minimum atomic E-state index is 0.388. The monoisotopic (exact) mass is 236 g/mol. The molecule has 0 spiro atoms. The first-order valence-electron chi connectivity index (χ1n) is 4.81. The fourth-order valence-electron chi connectivity index (χ4n) is 1.57. The van der Waals surface area contributed by atoms with E-state index in [-0.39, 0.29) is 0 Å². The Hall–Kier alpha value is -1.00. The molecular formula is C11H12N2S2. The second kappa shape index (κ2) is 4.24. The van der Waals surface area contributed by atoms with Gasteiger partial charge < -0.3 is 4.98 Å². The number of thiophene rings is 1. The molecule has 0 aliphatic rings. The average Bonchev–Trinajstić information content (AvgIpc) is 2.69. The third kappa shape index (κ3) is 2.01. The fourth-order valence-corrected chi connectivity index (χ4v) is 2.71. The van der Waals surface area contributed by atoms with Gasteiger partial charge in [-0.15, -0.1) is 11.3 Å². The molecule has 2 nitrogen and oxygen atoms in total. The molecule has 0 bridgehead atoms. The predicted octanol–water partition coefficient (Wildman–Crippen LogP) is 3.99. The molecule has 0 aromatic carbocycles. The van der Waals surface area contributed by atoms with Gasteiger partial charge in [0.15, 0.2) is 0 Å². The van der Waals surface area contributed by atoms with Crippen LogP contribution in [-0.2, 0) is 0 Å². The molecule has 2 heterocycles. The highest BCUT2D eigenvalue weighted by molar-refractivity contribution is 7.71. The maximum Gasteiger partial charge on any atom is 0.133 e. The van der Waals surface area contributed by atoms with Crippen LogP contribution in [0.25, 0.3) is 10.6 Å². The third-order valence-corrected chi connectivity index (χ3v) is 3.45. The van der Waals surface area contributed by atoms with Crippen molar-refractivity contribution in [3.05, 3.63) is 34.0 Å². The van der Waals surface area contributed by atoms with E-state index in [1.165, 1.54) is 4.88 Å². The van der Waals surface area contributed by atoms with Crippen LogP contribution in [-0.4, -0.2) is 9.97 Å². The largest absolute Gasteiger partial charge is 0.345 e. The molecule has 0 fully saturated rings. The minimum absolute atomic E-state index is 0.388. The van der Waals surface area contributed by atoms with E-state index in [0.717, 1.165) is 11.3 Å². The summed E-state index contributed by atoms with van der Waals surface area (Å²) in [5.74, 6) is 0.388. The lowest BCUT2D eigenvalue weighted by molar-refractivity contribution is 0.844. The number of hydrogen-bond acceptors (Lipinski definition) is 3. The summed E-state index contributed by atoms with van der Waals surface area (Å²) in [6.45, 7) is 4.27. The number of rotatable bonds is 2. The predicted molar refractivity (Wildman–Crippen MR) is 66.8 cm³/mol. The van der Waals surface area contributed by atoms with Crippen molar-refractivity contribution in [3.8, 4) is 10.6 Å². The van der Waals surface area contributed by atoms with Crippen molar-refractivity contribution in [2.45, 2.75) is 19.8 Å². The van der Waals surface area contributed by atoms with E-state index in [0.29, 0.717) is 10.6 Å². The summed E-state index contributed by atoms with van der Waals surface area (Å²) < 4.78 is 0.701. The van der Waals surface area contributed by atoms with Crippen LogP contribution in [0, 0.1) is 4.64 Å². The summed E-state index contributed by atoms with van der Waals surface area (Å²) >= 11 is 6.97. The van der Waals surface area contributed by atoms with Crippen molar-refractivity contribution in [2.75, 3.05) is 0 Å². The van der Waals surface area contributed by atoms with Gasteiger partial charge in [-0.05, 0) is 17.4 Å². The number of aromatic amines is 1. The first-order valence-corrected chi connectivity index (χ1v) is 6.10. The first kappa shape index (κ1) is 10.5. The number of nitrogens with zero attached hydrogens (tertiary/aromatic N) is 1. The van der Waals surface area contributed by atoms with Crippen molar-refractivity contribution in [2.24, 2.45) is 0 Å². The Morgan fingerprint density at radius 2 is 2.27 bits per heavy atom. The molecule has 4 heteroatoms. The van der Waals surface area contributed by atoms with Crippen LogP contribution < -0.4 is 0 Å². The van der Waals surface area contributed by atoms with Crippen LogP contribution in [0.1, 0.15) is 25.3 Å². The second-order valence-electron chi connectivity index (χ2n) is 3.63. The smallest absolute Gasteiger partial charge is 0.133 e. The van der Waals surface area contributed by atoms with Crippen molar-refractivity contribution in [3.63, 3.8) is 0 Å². The minimum Gasteiger partial charge on any atom is -0.345 e. The molecule has 2 aromatic heterocycles. The molecule has 0 saturated carbocycles. The molecule has 0 atom stereocenters. The Morgan fingerprint density at radius 1 is 1.47 bits per heavy atom. The molecule has 78 valence electrons.